The molecule has 0 aliphatic heterocycles. The molecule has 0 bridgehead atoms. The highest BCUT2D eigenvalue weighted by atomic mass is 16.5. The van der Waals surface area contributed by atoms with E-state index in [1.54, 1.807) is 18.7 Å². The summed E-state index contributed by atoms with van der Waals surface area (Å²) in [6.45, 7) is 0. The molecule has 0 unspecified atom stereocenters. The largest absolute Gasteiger partial charge is 0.497 e. The molecular formula is C21H20N4O2. The maximum Gasteiger partial charge on any atom is 0.243 e. The van der Waals surface area contributed by atoms with E-state index in [9.17, 15) is 0 Å². The minimum Gasteiger partial charge on any atom is -0.497 e. The number of imidazole rings is 1. The lowest BCUT2D eigenvalue weighted by Crippen LogP contribution is -2.01. The number of fused-ring (bicyclic) bond motifs is 1. The van der Waals surface area contributed by atoms with Crippen molar-refractivity contribution in [1.29, 1.82) is 0 Å². The Kier molecular flexibility index (Phi) is 4.38. The molecule has 0 amide bonds. The van der Waals surface area contributed by atoms with Crippen molar-refractivity contribution < 1.29 is 9.47 Å². The normalized spacial score (nSPS) is 10.9. The van der Waals surface area contributed by atoms with Gasteiger partial charge in [0.1, 0.15) is 11.4 Å². The zero-order valence-corrected chi connectivity index (χ0v) is 15.2. The second-order valence-corrected chi connectivity index (χ2v) is 6.21. The van der Waals surface area contributed by atoms with Gasteiger partial charge in [-0.1, -0.05) is 24.3 Å². The van der Waals surface area contributed by atoms with Gasteiger partial charge in [-0.3, -0.25) is 0 Å². The third kappa shape index (κ3) is 3.29. The molecule has 4 aromatic rings. The Morgan fingerprint density at radius 3 is 2.52 bits per heavy atom. The van der Waals surface area contributed by atoms with E-state index >= 15 is 0 Å². The predicted octanol–water partition coefficient (Wildman–Crippen LogP) is 3.59. The Balaban J connectivity index is 1.74. The number of methoxy groups -OCH3 is 2. The van der Waals surface area contributed by atoms with Crippen molar-refractivity contribution in [2.24, 2.45) is 0 Å². The molecule has 6 heteroatoms. The number of aromatic nitrogens is 3. The number of hydrogen-bond acceptors (Lipinski definition) is 5. The SMILES string of the molecule is COc1cccc(Cc2ccc3nc(-c4ccc(N)cc4)c(OC)n3n2)c1. The van der Waals surface area contributed by atoms with Crippen molar-refractivity contribution >= 4 is 11.3 Å². The summed E-state index contributed by atoms with van der Waals surface area (Å²) in [5.41, 5.74) is 10.9. The van der Waals surface area contributed by atoms with Gasteiger partial charge in [-0.15, -0.1) is 0 Å². The molecule has 0 atom stereocenters. The highest BCUT2D eigenvalue weighted by molar-refractivity contribution is 5.70. The molecule has 0 saturated heterocycles. The number of rotatable bonds is 5. The van der Waals surface area contributed by atoms with Crippen molar-refractivity contribution in [3.05, 3.63) is 71.9 Å². The van der Waals surface area contributed by atoms with Gasteiger partial charge in [0.25, 0.3) is 0 Å². The monoisotopic (exact) mass is 360 g/mol. The first-order chi connectivity index (χ1) is 13.2. The lowest BCUT2D eigenvalue weighted by molar-refractivity contribution is 0.388. The number of hydrogen-bond donors (Lipinski definition) is 1. The number of ether oxygens (including phenoxy) is 2. The molecule has 4 rings (SSSR count). The third-order valence-corrected chi connectivity index (χ3v) is 4.39. The molecule has 27 heavy (non-hydrogen) atoms. The first kappa shape index (κ1) is 16.9. The van der Waals surface area contributed by atoms with Crippen molar-refractivity contribution in [3.8, 4) is 22.9 Å². The van der Waals surface area contributed by atoms with E-state index in [1.807, 2.05) is 54.6 Å². The van der Waals surface area contributed by atoms with Gasteiger partial charge in [0, 0.05) is 17.7 Å². The van der Waals surface area contributed by atoms with Gasteiger partial charge in [-0.25, -0.2) is 4.98 Å². The lowest BCUT2D eigenvalue weighted by Gasteiger charge is -2.06. The smallest absolute Gasteiger partial charge is 0.243 e. The maximum absolute atomic E-state index is 5.79. The van der Waals surface area contributed by atoms with E-state index in [0.29, 0.717) is 18.0 Å². The van der Waals surface area contributed by atoms with Gasteiger partial charge in [0.2, 0.25) is 5.88 Å². The summed E-state index contributed by atoms with van der Waals surface area (Å²) in [6.07, 6.45) is 0.686. The fourth-order valence-corrected chi connectivity index (χ4v) is 3.05. The van der Waals surface area contributed by atoms with Crippen LogP contribution >= 0.6 is 0 Å². The molecule has 2 N–H and O–H groups in total. The summed E-state index contributed by atoms with van der Waals surface area (Å²) in [6, 6.07) is 19.5. The molecule has 136 valence electrons. The fraction of sp³-hybridized carbons (Fsp3) is 0.143. The average molecular weight is 360 g/mol. The van der Waals surface area contributed by atoms with E-state index < -0.39 is 0 Å². The van der Waals surface area contributed by atoms with Crippen LogP contribution in [0.2, 0.25) is 0 Å². The highest BCUT2D eigenvalue weighted by Gasteiger charge is 2.16. The molecule has 0 aliphatic carbocycles. The Morgan fingerprint density at radius 1 is 0.963 bits per heavy atom. The Labute approximate surface area is 157 Å². The summed E-state index contributed by atoms with van der Waals surface area (Å²) in [4.78, 5) is 4.67. The van der Waals surface area contributed by atoms with Crippen LogP contribution in [0.4, 0.5) is 5.69 Å². The molecule has 2 aromatic heterocycles. The molecule has 6 nitrogen and oxygen atoms in total. The van der Waals surface area contributed by atoms with Crippen LogP contribution in [0.15, 0.2) is 60.7 Å². The Morgan fingerprint density at radius 2 is 1.78 bits per heavy atom. The third-order valence-electron chi connectivity index (χ3n) is 4.39. The molecule has 0 fully saturated rings. The summed E-state index contributed by atoms with van der Waals surface area (Å²) >= 11 is 0. The van der Waals surface area contributed by atoms with Crippen molar-refractivity contribution in [1.82, 2.24) is 14.6 Å². The lowest BCUT2D eigenvalue weighted by atomic mass is 10.1. The quantitative estimate of drug-likeness (QED) is 0.551. The summed E-state index contributed by atoms with van der Waals surface area (Å²) in [5, 5.41) is 4.72. The van der Waals surface area contributed by atoms with Crippen molar-refractivity contribution in [3.63, 3.8) is 0 Å². The predicted molar refractivity (Wildman–Crippen MR) is 105 cm³/mol. The average Bonchev–Trinajstić information content (AvgIpc) is 3.06. The van der Waals surface area contributed by atoms with Crippen LogP contribution in [-0.4, -0.2) is 28.8 Å². The van der Waals surface area contributed by atoms with Crippen LogP contribution < -0.4 is 15.2 Å². The Bertz CT molecular complexity index is 1090. The first-order valence-corrected chi connectivity index (χ1v) is 8.59. The number of benzene rings is 2. The minimum atomic E-state index is 0.599. The van der Waals surface area contributed by atoms with Crippen molar-refractivity contribution in [2.45, 2.75) is 6.42 Å². The maximum atomic E-state index is 5.79. The second-order valence-electron chi connectivity index (χ2n) is 6.21. The molecule has 2 heterocycles. The van der Waals surface area contributed by atoms with Crippen LogP contribution in [0.25, 0.3) is 16.9 Å². The van der Waals surface area contributed by atoms with E-state index in [0.717, 1.165) is 33.9 Å². The van der Waals surface area contributed by atoms with Gasteiger partial charge in [0.15, 0.2) is 5.65 Å². The minimum absolute atomic E-state index is 0.599. The topological polar surface area (TPSA) is 74.7 Å². The number of nitrogens with zero attached hydrogens (tertiary/aromatic N) is 3. The van der Waals surface area contributed by atoms with E-state index in [2.05, 4.69) is 11.1 Å². The van der Waals surface area contributed by atoms with Crippen molar-refractivity contribution in [2.75, 3.05) is 20.0 Å². The molecule has 2 aromatic carbocycles. The van der Waals surface area contributed by atoms with E-state index in [1.165, 1.54) is 0 Å². The molecular weight excluding hydrogens is 340 g/mol. The molecule has 0 spiro atoms. The number of nitrogen functional groups attached to an aromatic ring is 1. The highest BCUT2D eigenvalue weighted by Crippen LogP contribution is 2.30. The van der Waals surface area contributed by atoms with Gasteiger partial charge >= 0.3 is 0 Å². The van der Waals surface area contributed by atoms with E-state index in [4.69, 9.17) is 20.3 Å². The Hall–Kier alpha value is -3.54. The summed E-state index contributed by atoms with van der Waals surface area (Å²) in [7, 11) is 3.29. The standard InChI is InChI=1S/C21H20N4O2/c1-26-18-5-3-4-14(13-18)12-17-10-11-19-23-20(21(27-2)25(19)24-17)15-6-8-16(22)9-7-15/h3-11,13H,12,22H2,1-2H3. The van der Waals surface area contributed by atoms with Crippen LogP contribution in [0.3, 0.4) is 0 Å². The fourth-order valence-electron chi connectivity index (χ4n) is 3.05. The molecule has 0 radical (unpaired) electrons. The van der Waals surface area contributed by atoms with Crippen LogP contribution in [-0.2, 0) is 6.42 Å². The second kappa shape index (κ2) is 6.99. The van der Waals surface area contributed by atoms with Gasteiger partial charge in [-0.05, 0) is 42.0 Å². The molecule has 0 saturated carbocycles. The summed E-state index contributed by atoms with van der Waals surface area (Å²) in [5.74, 6) is 1.43. The van der Waals surface area contributed by atoms with Crippen LogP contribution in [0.5, 0.6) is 11.6 Å². The van der Waals surface area contributed by atoms with Crippen LogP contribution in [0.1, 0.15) is 11.3 Å². The zero-order chi connectivity index (χ0) is 18.8. The zero-order valence-electron chi connectivity index (χ0n) is 15.2. The van der Waals surface area contributed by atoms with E-state index in [-0.39, 0.29) is 0 Å². The number of nitrogens with two attached hydrogens (primary N) is 1. The van der Waals surface area contributed by atoms with Gasteiger partial charge in [0.05, 0.1) is 19.9 Å². The first-order valence-electron chi connectivity index (χ1n) is 8.59. The summed E-state index contributed by atoms with van der Waals surface area (Å²) < 4.78 is 12.6. The van der Waals surface area contributed by atoms with Gasteiger partial charge < -0.3 is 15.2 Å². The van der Waals surface area contributed by atoms with Gasteiger partial charge in [-0.2, -0.15) is 9.61 Å². The molecule has 0 aliphatic rings. The van der Waals surface area contributed by atoms with Crippen LogP contribution in [0, 0.1) is 0 Å². The number of anilines is 1.